The standard InChI is InChI=1S/C10H8ClN3O2S/c11-9-2-1-6(3-8(9)10(15)16)12-4-7-5-17-14-13-7/h1-3,5,12H,4H2,(H,15,16). The van der Waals surface area contributed by atoms with Crippen LogP contribution in [-0.4, -0.2) is 20.7 Å². The minimum Gasteiger partial charge on any atom is -0.478 e. The fraction of sp³-hybridized carbons (Fsp3) is 0.100. The van der Waals surface area contributed by atoms with E-state index in [1.807, 2.05) is 5.38 Å². The fourth-order valence-corrected chi connectivity index (χ4v) is 1.90. The first-order chi connectivity index (χ1) is 8.16. The lowest BCUT2D eigenvalue weighted by Crippen LogP contribution is -2.03. The summed E-state index contributed by atoms with van der Waals surface area (Å²) >= 11 is 7.03. The molecule has 0 unspecified atom stereocenters. The van der Waals surface area contributed by atoms with Crippen molar-refractivity contribution < 1.29 is 9.90 Å². The van der Waals surface area contributed by atoms with Crippen LogP contribution in [0.15, 0.2) is 23.6 Å². The Kier molecular flexibility index (Phi) is 3.55. The first-order valence-corrected chi connectivity index (χ1v) is 5.91. The molecule has 2 aromatic rings. The van der Waals surface area contributed by atoms with Crippen LogP contribution in [-0.2, 0) is 6.54 Å². The van der Waals surface area contributed by atoms with Crippen LogP contribution in [0.2, 0.25) is 5.02 Å². The summed E-state index contributed by atoms with van der Waals surface area (Å²) in [5.74, 6) is -1.05. The first kappa shape index (κ1) is 11.8. The average molecular weight is 270 g/mol. The normalized spacial score (nSPS) is 10.2. The number of nitrogens with zero attached hydrogens (tertiary/aromatic N) is 2. The summed E-state index contributed by atoms with van der Waals surface area (Å²) in [6.45, 7) is 0.497. The number of halogens is 1. The number of anilines is 1. The summed E-state index contributed by atoms with van der Waals surface area (Å²) in [5, 5.41) is 17.9. The Hall–Kier alpha value is -1.66. The molecule has 0 fully saturated rings. The van der Waals surface area contributed by atoms with Crippen LogP contribution in [0.5, 0.6) is 0 Å². The summed E-state index contributed by atoms with van der Waals surface area (Å²) in [6, 6.07) is 4.76. The Morgan fingerprint density at radius 1 is 1.53 bits per heavy atom. The Balaban J connectivity index is 2.11. The van der Waals surface area contributed by atoms with Gasteiger partial charge in [0.2, 0.25) is 0 Å². The SMILES string of the molecule is O=C(O)c1cc(NCc2csnn2)ccc1Cl. The second kappa shape index (κ2) is 5.11. The van der Waals surface area contributed by atoms with Crippen molar-refractivity contribution >= 4 is 34.8 Å². The lowest BCUT2D eigenvalue weighted by atomic mass is 10.2. The number of benzene rings is 1. The molecule has 0 saturated heterocycles. The molecule has 5 nitrogen and oxygen atoms in total. The van der Waals surface area contributed by atoms with Crippen LogP contribution in [0.25, 0.3) is 0 Å². The predicted molar refractivity (Wildman–Crippen MR) is 65.6 cm³/mol. The smallest absolute Gasteiger partial charge is 0.337 e. The number of rotatable bonds is 4. The number of nitrogens with one attached hydrogen (secondary N) is 1. The molecule has 0 aliphatic heterocycles. The second-order valence-electron chi connectivity index (χ2n) is 3.25. The molecule has 0 bridgehead atoms. The zero-order valence-electron chi connectivity index (χ0n) is 8.55. The van der Waals surface area contributed by atoms with Gasteiger partial charge in [0.15, 0.2) is 0 Å². The maximum atomic E-state index is 10.9. The molecule has 0 aliphatic rings. The second-order valence-corrected chi connectivity index (χ2v) is 4.27. The van der Waals surface area contributed by atoms with Crippen LogP contribution in [0.3, 0.4) is 0 Å². The summed E-state index contributed by atoms with van der Waals surface area (Å²) < 4.78 is 3.73. The van der Waals surface area contributed by atoms with Crippen LogP contribution in [0.4, 0.5) is 5.69 Å². The molecule has 0 atom stereocenters. The van der Waals surface area contributed by atoms with E-state index in [-0.39, 0.29) is 10.6 Å². The molecule has 7 heteroatoms. The monoisotopic (exact) mass is 269 g/mol. The average Bonchev–Trinajstić information content (AvgIpc) is 2.80. The number of aromatic nitrogens is 2. The van der Waals surface area contributed by atoms with E-state index in [1.165, 1.54) is 17.6 Å². The van der Waals surface area contributed by atoms with Gasteiger partial charge in [0.25, 0.3) is 0 Å². The molecule has 2 N–H and O–H groups in total. The molecular formula is C10H8ClN3O2S. The lowest BCUT2D eigenvalue weighted by Gasteiger charge is -2.06. The summed E-state index contributed by atoms with van der Waals surface area (Å²) in [7, 11) is 0. The Morgan fingerprint density at radius 2 is 2.35 bits per heavy atom. The molecule has 88 valence electrons. The first-order valence-electron chi connectivity index (χ1n) is 4.69. The molecule has 0 aliphatic carbocycles. The number of carboxylic acids is 1. The lowest BCUT2D eigenvalue weighted by molar-refractivity contribution is 0.0697. The van der Waals surface area contributed by atoms with Gasteiger partial charge in [0.05, 0.1) is 22.8 Å². The third-order valence-electron chi connectivity index (χ3n) is 2.08. The predicted octanol–water partition coefficient (Wildman–Crippen LogP) is 2.50. The van der Waals surface area contributed by atoms with E-state index in [0.717, 1.165) is 5.69 Å². The van der Waals surface area contributed by atoms with Crippen LogP contribution >= 0.6 is 23.1 Å². The zero-order chi connectivity index (χ0) is 12.3. The highest BCUT2D eigenvalue weighted by Crippen LogP contribution is 2.20. The van der Waals surface area contributed by atoms with Crippen molar-refractivity contribution in [3.05, 3.63) is 39.9 Å². The van der Waals surface area contributed by atoms with Crippen LogP contribution in [0.1, 0.15) is 16.1 Å². The third kappa shape index (κ3) is 2.92. The number of carbonyl (C=O) groups is 1. The van der Waals surface area contributed by atoms with E-state index in [0.29, 0.717) is 12.2 Å². The Morgan fingerprint density at radius 3 is 3.00 bits per heavy atom. The molecule has 0 saturated carbocycles. The summed E-state index contributed by atoms with van der Waals surface area (Å²) in [6.07, 6.45) is 0. The molecule has 1 heterocycles. The van der Waals surface area contributed by atoms with Gasteiger partial charge in [-0.2, -0.15) is 0 Å². The zero-order valence-corrected chi connectivity index (χ0v) is 10.1. The molecule has 1 aromatic carbocycles. The van der Waals surface area contributed by atoms with Crippen molar-refractivity contribution in [3.8, 4) is 0 Å². The van der Waals surface area contributed by atoms with E-state index in [1.54, 1.807) is 12.1 Å². The molecule has 17 heavy (non-hydrogen) atoms. The molecule has 0 amide bonds. The van der Waals surface area contributed by atoms with Gasteiger partial charge < -0.3 is 10.4 Å². The fourth-order valence-electron chi connectivity index (χ4n) is 1.25. The topological polar surface area (TPSA) is 75.1 Å². The van der Waals surface area contributed by atoms with Crippen molar-refractivity contribution in [3.63, 3.8) is 0 Å². The van der Waals surface area contributed by atoms with E-state index in [4.69, 9.17) is 16.7 Å². The van der Waals surface area contributed by atoms with Crippen molar-refractivity contribution in [1.29, 1.82) is 0 Å². The van der Waals surface area contributed by atoms with E-state index < -0.39 is 5.97 Å². The summed E-state index contributed by atoms with van der Waals surface area (Å²) in [4.78, 5) is 10.9. The maximum absolute atomic E-state index is 10.9. The third-order valence-corrected chi connectivity index (χ3v) is 2.96. The number of carboxylic acid groups (broad SMARTS) is 1. The van der Waals surface area contributed by atoms with E-state index in [9.17, 15) is 4.79 Å². The van der Waals surface area contributed by atoms with Gasteiger partial charge in [-0.25, -0.2) is 4.79 Å². The van der Waals surface area contributed by atoms with Crippen molar-refractivity contribution in [2.45, 2.75) is 6.54 Å². The highest BCUT2D eigenvalue weighted by Gasteiger charge is 2.09. The molecule has 0 radical (unpaired) electrons. The van der Waals surface area contributed by atoms with Gasteiger partial charge in [0.1, 0.15) is 0 Å². The molecule has 2 rings (SSSR count). The van der Waals surface area contributed by atoms with Crippen LogP contribution < -0.4 is 5.32 Å². The van der Waals surface area contributed by atoms with Gasteiger partial charge in [0, 0.05) is 11.1 Å². The van der Waals surface area contributed by atoms with Gasteiger partial charge in [-0.1, -0.05) is 16.1 Å². The summed E-state index contributed by atoms with van der Waals surface area (Å²) in [5.41, 5.74) is 1.56. The molecule has 1 aromatic heterocycles. The molecule has 0 spiro atoms. The minimum absolute atomic E-state index is 0.0769. The van der Waals surface area contributed by atoms with Gasteiger partial charge in [-0.15, -0.1) is 5.10 Å². The highest BCUT2D eigenvalue weighted by atomic mass is 35.5. The van der Waals surface area contributed by atoms with E-state index >= 15 is 0 Å². The van der Waals surface area contributed by atoms with Gasteiger partial charge in [-0.3, -0.25) is 0 Å². The van der Waals surface area contributed by atoms with Crippen LogP contribution in [0, 0.1) is 0 Å². The largest absolute Gasteiger partial charge is 0.478 e. The Bertz CT molecular complexity index is 530. The Labute approximate surface area is 106 Å². The van der Waals surface area contributed by atoms with Crippen molar-refractivity contribution in [2.75, 3.05) is 5.32 Å². The quantitative estimate of drug-likeness (QED) is 0.892. The van der Waals surface area contributed by atoms with Gasteiger partial charge in [-0.05, 0) is 29.7 Å². The number of aromatic carboxylic acids is 1. The molecular weight excluding hydrogens is 262 g/mol. The number of hydrogen-bond acceptors (Lipinski definition) is 5. The maximum Gasteiger partial charge on any atom is 0.337 e. The van der Waals surface area contributed by atoms with Crippen molar-refractivity contribution in [2.24, 2.45) is 0 Å². The van der Waals surface area contributed by atoms with Crippen molar-refractivity contribution in [1.82, 2.24) is 9.59 Å². The van der Waals surface area contributed by atoms with E-state index in [2.05, 4.69) is 14.9 Å². The highest BCUT2D eigenvalue weighted by molar-refractivity contribution is 7.03. The van der Waals surface area contributed by atoms with Gasteiger partial charge >= 0.3 is 5.97 Å². The number of hydrogen-bond donors (Lipinski definition) is 2. The minimum atomic E-state index is -1.05.